The van der Waals surface area contributed by atoms with Crippen LogP contribution in [0.15, 0.2) is 23.5 Å². The van der Waals surface area contributed by atoms with Crippen molar-refractivity contribution >= 4 is 6.29 Å². The number of fused-ring (bicyclic) bond motifs is 5. The van der Waals surface area contributed by atoms with E-state index in [0.29, 0.717) is 11.3 Å². The molecule has 4 rings (SSSR count). The summed E-state index contributed by atoms with van der Waals surface area (Å²) in [6, 6.07) is 0. The van der Waals surface area contributed by atoms with Crippen molar-refractivity contribution in [2.75, 3.05) is 7.11 Å². The molecule has 6 atom stereocenters. The number of rotatable bonds is 3. The maximum atomic E-state index is 11.6. The molecule has 2 fully saturated rings. The first kappa shape index (κ1) is 15.5. The second kappa shape index (κ2) is 5.79. The lowest BCUT2D eigenvalue weighted by molar-refractivity contribution is -0.117. The first-order valence-electron chi connectivity index (χ1n) is 9.63. The SMILES string of the molecule is CC[C@]12CC[C@H]3[C@@H](CC=C4C=C(OC)CC[C@@H]43)[C@@H]1CC[C@@H]2C=O. The van der Waals surface area contributed by atoms with Crippen LogP contribution in [-0.4, -0.2) is 13.4 Å². The monoisotopic (exact) mass is 314 g/mol. The van der Waals surface area contributed by atoms with E-state index in [0.717, 1.165) is 42.3 Å². The Bertz CT molecular complexity index is 546. The third kappa shape index (κ3) is 2.16. The van der Waals surface area contributed by atoms with Crippen molar-refractivity contribution < 1.29 is 9.53 Å². The maximum Gasteiger partial charge on any atom is 0.123 e. The Morgan fingerprint density at radius 1 is 1.26 bits per heavy atom. The summed E-state index contributed by atoms with van der Waals surface area (Å²) in [5, 5.41) is 0. The van der Waals surface area contributed by atoms with Gasteiger partial charge in [-0.25, -0.2) is 0 Å². The fourth-order valence-corrected chi connectivity index (χ4v) is 6.85. The van der Waals surface area contributed by atoms with E-state index in [1.807, 2.05) is 0 Å². The summed E-state index contributed by atoms with van der Waals surface area (Å²) >= 11 is 0. The molecule has 0 saturated heterocycles. The molecule has 0 N–H and O–H groups in total. The highest BCUT2D eigenvalue weighted by molar-refractivity contribution is 5.56. The molecule has 0 bridgehead atoms. The number of carbonyl (C=O) groups is 1. The van der Waals surface area contributed by atoms with Crippen LogP contribution in [0.5, 0.6) is 0 Å². The molecular weight excluding hydrogens is 284 g/mol. The predicted molar refractivity (Wildman–Crippen MR) is 91.7 cm³/mol. The quantitative estimate of drug-likeness (QED) is 0.692. The topological polar surface area (TPSA) is 26.3 Å². The Morgan fingerprint density at radius 2 is 2.13 bits per heavy atom. The fourth-order valence-electron chi connectivity index (χ4n) is 6.85. The van der Waals surface area contributed by atoms with E-state index >= 15 is 0 Å². The molecule has 0 spiro atoms. The average molecular weight is 314 g/mol. The molecule has 23 heavy (non-hydrogen) atoms. The van der Waals surface area contributed by atoms with Gasteiger partial charge in [0.15, 0.2) is 0 Å². The minimum atomic E-state index is 0.329. The molecule has 4 aliphatic rings. The molecule has 2 heteroatoms. The highest BCUT2D eigenvalue weighted by atomic mass is 16.5. The Kier molecular flexibility index (Phi) is 3.90. The lowest BCUT2D eigenvalue weighted by atomic mass is 9.51. The van der Waals surface area contributed by atoms with Gasteiger partial charge in [-0.15, -0.1) is 0 Å². The molecule has 0 aromatic rings. The first-order chi connectivity index (χ1) is 11.2. The summed E-state index contributed by atoms with van der Waals surface area (Å²) in [6.07, 6.45) is 15.9. The molecule has 0 unspecified atom stereocenters. The van der Waals surface area contributed by atoms with Gasteiger partial charge in [0.2, 0.25) is 0 Å². The molecule has 0 aromatic heterocycles. The zero-order valence-electron chi connectivity index (χ0n) is 14.6. The van der Waals surface area contributed by atoms with E-state index < -0.39 is 0 Å². The van der Waals surface area contributed by atoms with Gasteiger partial charge in [0.05, 0.1) is 12.9 Å². The molecule has 2 saturated carbocycles. The highest BCUT2D eigenvalue weighted by Gasteiger charge is 2.56. The lowest BCUT2D eigenvalue weighted by Crippen LogP contribution is -2.46. The van der Waals surface area contributed by atoms with Gasteiger partial charge < -0.3 is 9.53 Å². The number of aldehydes is 1. The van der Waals surface area contributed by atoms with E-state index in [1.54, 1.807) is 12.7 Å². The molecule has 4 aliphatic carbocycles. The molecule has 0 radical (unpaired) electrons. The number of ether oxygens (including phenoxy) is 1. The number of methoxy groups -OCH3 is 1. The second-order valence-electron chi connectivity index (χ2n) is 8.28. The summed E-state index contributed by atoms with van der Waals surface area (Å²) in [7, 11) is 1.80. The zero-order valence-corrected chi connectivity index (χ0v) is 14.6. The van der Waals surface area contributed by atoms with Crippen molar-refractivity contribution in [3.63, 3.8) is 0 Å². The Morgan fingerprint density at radius 3 is 2.87 bits per heavy atom. The van der Waals surface area contributed by atoms with Gasteiger partial charge in [-0.1, -0.05) is 13.0 Å². The Hall–Kier alpha value is -1.05. The molecule has 2 nitrogen and oxygen atoms in total. The molecule has 0 aromatic carbocycles. The van der Waals surface area contributed by atoms with Gasteiger partial charge in [-0.3, -0.25) is 0 Å². The first-order valence-corrected chi connectivity index (χ1v) is 9.63. The van der Waals surface area contributed by atoms with Crippen LogP contribution in [0.1, 0.15) is 58.3 Å². The molecule has 0 heterocycles. The number of carbonyl (C=O) groups excluding carboxylic acids is 1. The van der Waals surface area contributed by atoms with Gasteiger partial charge in [0.25, 0.3) is 0 Å². The third-order valence-corrected chi connectivity index (χ3v) is 7.96. The normalized spacial score (nSPS) is 45.2. The van der Waals surface area contributed by atoms with Crippen molar-refractivity contribution in [3.8, 4) is 0 Å². The standard InChI is InChI=1S/C21H30O2/c1-3-21-11-10-18-17-8-6-16(23-2)12-14(17)4-7-19(18)20(21)9-5-15(21)13-22/h4,12-13,15,17-20H,3,5-11H2,1-2H3/t15-,17+,18-,19-,20+,21-/m1/s1. The minimum Gasteiger partial charge on any atom is -0.501 e. The average Bonchev–Trinajstić information content (AvgIpc) is 2.99. The van der Waals surface area contributed by atoms with Crippen LogP contribution in [0.3, 0.4) is 0 Å². The van der Waals surface area contributed by atoms with Crippen LogP contribution >= 0.6 is 0 Å². The summed E-state index contributed by atoms with van der Waals surface area (Å²) in [6.45, 7) is 2.33. The van der Waals surface area contributed by atoms with Crippen LogP contribution in [0.4, 0.5) is 0 Å². The summed E-state index contributed by atoms with van der Waals surface area (Å²) in [5.74, 6) is 4.69. The maximum absolute atomic E-state index is 11.6. The number of hydrogen-bond donors (Lipinski definition) is 0. The van der Waals surface area contributed by atoms with Crippen LogP contribution in [0, 0.1) is 35.0 Å². The molecular formula is C21H30O2. The lowest BCUT2D eigenvalue weighted by Gasteiger charge is -2.53. The number of allylic oxidation sites excluding steroid dienone is 4. The van der Waals surface area contributed by atoms with E-state index in [9.17, 15) is 4.79 Å². The smallest absolute Gasteiger partial charge is 0.123 e. The van der Waals surface area contributed by atoms with Gasteiger partial charge in [0.1, 0.15) is 6.29 Å². The molecule has 126 valence electrons. The van der Waals surface area contributed by atoms with Gasteiger partial charge in [-0.05, 0) is 85.7 Å². The van der Waals surface area contributed by atoms with Crippen molar-refractivity contribution in [2.24, 2.45) is 35.0 Å². The van der Waals surface area contributed by atoms with Crippen molar-refractivity contribution in [2.45, 2.75) is 58.3 Å². The molecule has 0 amide bonds. The molecule has 0 aliphatic heterocycles. The van der Waals surface area contributed by atoms with E-state index in [-0.39, 0.29) is 0 Å². The van der Waals surface area contributed by atoms with E-state index in [4.69, 9.17) is 4.74 Å². The van der Waals surface area contributed by atoms with Crippen molar-refractivity contribution in [3.05, 3.63) is 23.5 Å². The van der Waals surface area contributed by atoms with Crippen LogP contribution in [0.25, 0.3) is 0 Å². The van der Waals surface area contributed by atoms with E-state index in [2.05, 4.69) is 19.1 Å². The minimum absolute atomic E-state index is 0.329. The van der Waals surface area contributed by atoms with Crippen molar-refractivity contribution in [1.29, 1.82) is 0 Å². The Balaban J connectivity index is 1.64. The number of hydrogen-bond acceptors (Lipinski definition) is 2. The zero-order chi connectivity index (χ0) is 16.0. The Labute approximate surface area is 140 Å². The van der Waals surface area contributed by atoms with Gasteiger partial charge in [-0.2, -0.15) is 0 Å². The predicted octanol–water partition coefficient (Wildman–Crippen LogP) is 4.90. The van der Waals surface area contributed by atoms with Crippen LogP contribution in [0.2, 0.25) is 0 Å². The van der Waals surface area contributed by atoms with Gasteiger partial charge >= 0.3 is 0 Å². The highest BCUT2D eigenvalue weighted by Crippen LogP contribution is 2.64. The van der Waals surface area contributed by atoms with Crippen LogP contribution in [-0.2, 0) is 9.53 Å². The van der Waals surface area contributed by atoms with Gasteiger partial charge in [0, 0.05) is 12.3 Å². The summed E-state index contributed by atoms with van der Waals surface area (Å²) in [4.78, 5) is 11.6. The second-order valence-corrected chi connectivity index (χ2v) is 8.28. The fraction of sp³-hybridized carbons (Fsp3) is 0.762. The van der Waals surface area contributed by atoms with E-state index in [1.165, 1.54) is 44.8 Å². The van der Waals surface area contributed by atoms with Crippen LogP contribution < -0.4 is 0 Å². The summed E-state index contributed by atoms with van der Waals surface area (Å²) in [5.41, 5.74) is 1.87. The van der Waals surface area contributed by atoms with Crippen molar-refractivity contribution in [1.82, 2.24) is 0 Å². The summed E-state index contributed by atoms with van der Waals surface area (Å²) < 4.78 is 5.49. The largest absolute Gasteiger partial charge is 0.501 e. The third-order valence-electron chi connectivity index (χ3n) is 7.96.